The molecule has 0 bridgehead atoms. The van der Waals surface area contributed by atoms with Crippen molar-refractivity contribution in [3.8, 4) is 5.75 Å². The van der Waals surface area contributed by atoms with E-state index in [1.807, 2.05) is 18.2 Å². The van der Waals surface area contributed by atoms with E-state index >= 15 is 0 Å². The van der Waals surface area contributed by atoms with Gasteiger partial charge in [0.1, 0.15) is 16.2 Å². The Balaban J connectivity index is 2.32. The molecule has 2 aromatic rings. The lowest BCUT2D eigenvalue weighted by Crippen LogP contribution is -2.02. The molecule has 0 fully saturated rings. The predicted octanol–water partition coefficient (Wildman–Crippen LogP) is 4.06. The molecule has 0 spiro atoms. The van der Waals surface area contributed by atoms with Gasteiger partial charge in [0, 0.05) is 12.1 Å². The second-order valence-electron chi connectivity index (χ2n) is 4.16. The SMILES string of the molecule is CCc1[nH]c(Cc2cccc(OC)c2)nc(=S)c1Br. The van der Waals surface area contributed by atoms with Gasteiger partial charge in [-0.3, -0.25) is 0 Å². The fourth-order valence-electron chi connectivity index (χ4n) is 1.86. The molecule has 0 radical (unpaired) electrons. The first-order valence-electron chi connectivity index (χ1n) is 6.04. The Bertz CT molecular complexity index is 640. The lowest BCUT2D eigenvalue weighted by molar-refractivity contribution is 0.414. The van der Waals surface area contributed by atoms with Crippen LogP contribution in [-0.4, -0.2) is 17.1 Å². The van der Waals surface area contributed by atoms with Crippen molar-refractivity contribution in [1.82, 2.24) is 9.97 Å². The Morgan fingerprint density at radius 2 is 2.21 bits per heavy atom. The second-order valence-corrected chi connectivity index (χ2v) is 5.34. The van der Waals surface area contributed by atoms with Gasteiger partial charge in [-0.05, 0) is 40.0 Å². The van der Waals surface area contributed by atoms with Crippen LogP contribution in [-0.2, 0) is 12.8 Å². The van der Waals surface area contributed by atoms with E-state index in [2.05, 4.69) is 38.9 Å². The number of methoxy groups -OCH3 is 1. The van der Waals surface area contributed by atoms with Crippen LogP contribution in [0.25, 0.3) is 0 Å². The summed E-state index contributed by atoms with van der Waals surface area (Å²) in [6.45, 7) is 2.08. The van der Waals surface area contributed by atoms with Crippen molar-refractivity contribution in [2.24, 2.45) is 0 Å². The third-order valence-corrected chi connectivity index (χ3v) is 4.26. The van der Waals surface area contributed by atoms with Gasteiger partial charge in [-0.1, -0.05) is 31.3 Å². The van der Waals surface area contributed by atoms with E-state index in [4.69, 9.17) is 17.0 Å². The standard InChI is InChI=1S/C14H15BrN2OS/c1-3-11-13(15)14(19)17-12(16-11)8-9-5-4-6-10(7-9)18-2/h4-7H,3,8H2,1-2H3,(H,16,17,19). The van der Waals surface area contributed by atoms with E-state index in [-0.39, 0.29) is 0 Å². The molecule has 0 unspecified atom stereocenters. The van der Waals surface area contributed by atoms with Gasteiger partial charge >= 0.3 is 0 Å². The number of H-pyrrole nitrogens is 1. The zero-order valence-electron chi connectivity index (χ0n) is 10.9. The maximum atomic E-state index is 5.26. The number of hydrogen-bond donors (Lipinski definition) is 1. The number of halogens is 1. The largest absolute Gasteiger partial charge is 0.497 e. The number of nitrogens with zero attached hydrogens (tertiary/aromatic N) is 1. The van der Waals surface area contributed by atoms with Crippen molar-refractivity contribution < 1.29 is 4.74 Å². The Kier molecular flexibility index (Phi) is 4.71. The zero-order chi connectivity index (χ0) is 13.8. The second kappa shape index (κ2) is 6.30. The molecule has 0 saturated carbocycles. The van der Waals surface area contributed by atoms with E-state index in [1.54, 1.807) is 7.11 Å². The first kappa shape index (κ1) is 14.2. The van der Waals surface area contributed by atoms with Crippen LogP contribution >= 0.6 is 28.1 Å². The van der Waals surface area contributed by atoms with E-state index in [9.17, 15) is 0 Å². The zero-order valence-corrected chi connectivity index (χ0v) is 13.3. The molecule has 0 aliphatic rings. The number of benzene rings is 1. The molecular weight excluding hydrogens is 324 g/mol. The van der Waals surface area contributed by atoms with Gasteiger partial charge in [0.2, 0.25) is 0 Å². The number of rotatable bonds is 4. The monoisotopic (exact) mass is 338 g/mol. The molecule has 1 N–H and O–H groups in total. The van der Waals surface area contributed by atoms with Crippen LogP contribution in [0.15, 0.2) is 28.7 Å². The maximum absolute atomic E-state index is 5.26. The summed E-state index contributed by atoms with van der Waals surface area (Å²) in [7, 11) is 1.67. The smallest absolute Gasteiger partial charge is 0.144 e. The van der Waals surface area contributed by atoms with E-state index in [0.29, 0.717) is 11.1 Å². The summed E-state index contributed by atoms with van der Waals surface area (Å²) in [6, 6.07) is 7.96. The summed E-state index contributed by atoms with van der Waals surface area (Å²) in [5, 5.41) is 0. The Morgan fingerprint density at radius 1 is 1.42 bits per heavy atom. The number of aromatic amines is 1. The van der Waals surface area contributed by atoms with Gasteiger partial charge in [-0.2, -0.15) is 0 Å². The van der Waals surface area contributed by atoms with Crippen molar-refractivity contribution in [3.63, 3.8) is 0 Å². The van der Waals surface area contributed by atoms with Crippen LogP contribution in [0.5, 0.6) is 5.75 Å². The van der Waals surface area contributed by atoms with Gasteiger partial charge in [-0.15, -0.1) is 0 Å². The van der Waals surface area contributed by atoms with Gasteiger partial charge in [0.05, 0.1) is 11.6 Å². The van der Waals surface area contributed by atoms with Gasteiger partial charge in [0.25, 0.3) is 0 Å². The highest BCUT2D eigenvalue weighted by atomic mass is 79.9. The van der Waals surface area contributed by atoms with Gasteiger partial charge in [-0.25, -0.2) is 4.98 Å². The van der Waals surface area contributed by atoms with Crippen LogP contribution in [0.3, 0.4) is 0 Å². The van der Waals surface area contributed by atoms with Crippen molar-refractivity contribution in [3.05, 3.63) is 50.5 Å². The molecular formula is C14H15BrN2OS. The quantitative estimate of drug-likeness (QED) is 0.854. The van der Waals surface area contributed by atoms with Crippen LogP contribution in [0, 0.1) is 4.64 Å². The first-order chi connectivity index (χ1) is 9.13. The number of aromatic nitrogens is 2. The molecule has 5 heteroatoms. The van der Waals surface area contributed by atoms with Gasteiger partial charge in [0.15, 0.2) is 0 Å². The number of ether oxygens (including phenoxy) is 1. The minimum absolute atomic E-state index is 0.605. The molecule has 3 nitrogen and oxygen atoms in total. The highest BCUT2D eigenvalue weighted by Crippen LogP contribution is 2.19. The lowest BCUT2D eigenvalue weighted by Gasteiger charge is -2.08. The third-order valence-electron chi connectivity index (χ3n) is 2.84. The minimum atomic E-state index is 0.605. The Hall–Kier alpha value is -1.20. The highest BCUT2D eigenvalue weighted by Gasteiger charge is 2.06. The Morgan fingerprint density at radius 3 is 2.89 bits per heavy atom. The Labute approximate surface area is 126 Å². The maximum Gasteiger partial charge on any atom is 0.144 e. The third kappa shape index (κ3) is 3.42. The fraction of sp³-hybridized carbons (Fsp3) is 0.286. The molecule has 1 heterocycles. The van der Waals surface area contributed by atoms with Crippen molar-refractivity contribution in [2.75, 3.05) is 7.11 Å². The number of aryl methyl sites for hydroxylation is 1. The summed E-state index contributed by atoms with van der Waals surface area (Å²) < 4.78 is 6.72. The van der Waals surface area contributed by atoms with E-state index in [1.165, 1.54) is 0 Å². The topological polar surface area (TPSA) is 37.9 Å². The average molecular weight is 339 g/mol. The number of nitrogens with one attached hydrogen (secondary N) is 1. The number of hydrogen-bond acceptors (Lipinski definition) is 3. The molecule has 0 aliphatic heterocycles. The lowest BCUT2D eigenvalue weighted by atomic mass is 10.1. The van der Waals surface area contributed by atoms with Crippen LogP contribution in [0.1, 0.15) is 24.0 Å². The van der Waals surface area contributed by atoms with E-state index in [0.717, 1.165) is 33.7 Å². The fourth-order valence-corrected chi connectivity index (χ4v) is 2.56. The van der Waals surface area contributed by atoms with Crippen molar-refractivity contribution in [2.45, 2.75) is 19.8 Å². The summed E-state index contributed by atoms with van der Waals surface area (Å²) in [5.41, 5.74) is 2.22. The van der Waals surface area contributed by atoms with Gasteiger partial charge < -0.3 is 9.72 Å². The van der Waals surface area contributed by atoms with Crippen molar-refractivity contribution >= 4 is 28.1 Å². The molecule has 100 valence electrons. The molecule has 1 aromatic heterocycles. The molecule has 0 amide bonds. The van der Waals surface area contributed by atoms with Crippen LogP contribution in [0.2, 0.25) is 0 Å². The predicted molar refractivity (Wildman–Crippen MR) is 82.3 cm³/mol. The summed E-state index contributed by atoms with van der Waals surface area (Å²) in [5.74, 6) is 1.72. The summed E-state index contributed by atoms with van der Waals surface area (Å²) >= 11 is 8.72. The van der Waals surface area contributed by atoms with Crippen LogP contribution in [0.4, 0.5) is 0 Å². The molecule has 19 heavy (non-hydrogen) atoms. The summed E-state index contributed by atoms with van der Waals surface area (Å²) in [4.78, 5) is 7.73. The molecule has 2 rings (SSSR count). The average Bonchev–Trinajstić information content (AvgIpc) is 2.43. The molecule has 0 aliphatic carbocycles. The van der Waals surface area contributed by atoms with Crippen molar-refractivity contribution in [1.29, 1.82) is 0 Å². The summed E-state index contributed by atoms with van der Waals surface area (Å²) in [6.07, 6.45) is 1.60. The minimum Gasteiger partial charge on any atom is -0.497 e. The highest BCUT2D eigenvalue weighted by molar-refractivity contribution is 9.10. The van der Waals surface area contributed by atoms with Crippen LogP contribution < -0.4 is 4.74 Å². The first-order valence-corrected chi connectivity index (χ1v) is 7.24. The molecule has 1 aromatic carbocycles. The molecule has 0 atom stereocenters. The molecule has 0 saturated heterocycles. The normalized spacial score (nSPS) is 10.5. The van der Waals surface area contributed by atoms with E-state index < -0.39 is 0 Å².